The van der Waals surface area contributed by atoms with Crippen molar-refractivity contribution in [3.05, 3.63) is 62.6 Å². The smallest absolute Gasteiger partial charge is 0.274 e. The second kappa shape index (κ2) is 8.86. The van der Waals surface area contributed by atoms with Gasteiger partial charge in [0, 0.05) is 36.5 Å². The predicted molar refractivity (Wildman–Crippen MR) is 126 cm³/mol. The highest BCUT2D eigenvalue weighted by molar-refractivity contribution is 5.99. The van der Waals surface area contributed by atoms with E-state index in [-0.39, 0.29) is 36.0 Å². The first kappa shape index (κ1) is 24.7. The minimum atomic E-state index is -1.03. The second-order valence-electron chi connectivity index (χ2n) is 9.69. The van der Waals surface area contributed by atoms with Gasteiger partial charge in [0.1, 0.15) is 17.2 Å². The Kier molecular flexibility index (Phi) is 5.92. The maximum atomic E-state index is 14.4. The summed E-state index contributed by atoms with van der Waals surface area (Å²) in [6, 6.07) is 1.51. The largest absolute Gasteiger partial charge is 0.503 e. The first-order valence-electron chi connectivity index (χ1n) is 11.9. The van der Waals surface area contributed by atoms with Gasteiger partial charge in [0.05, 0.1) is 19.6 Å². The normalized spacial score (nSPS) is 24.3. The highest BCUT2D eigenvalue weighted by Crippen LogP contribution is 2.46. The first-order chi connectivity index (χ1) is 17.6. The highest BCUT2D eigenvalue weighted by Gasteiger charge is 2.54. The first-order valence-corrected chi connectivity index (χ1v) is 11.9. The summed E-state index contributed by atoms with van der Waals surface area (Å²) in [6.45, 7) is 3.05. The molecule has 1 aromatic heterocycles. The van der Waals surface area contributed by atoms with Gasteiger partial charge in [-0.25, -0.2) is 8.78 Å². The summed E-state index contributed by atoms with van der Waals surface area (Å²) in [5.41, 5.74) is -2.78. The van der Waals surface area contributed by atoms with Crippen LogP contribution in [0.3, 0.4) is 0 Å². The van der Waals surface area contributed by atoms with Crippen molar-refractivity contribution < 1.29 is 33.1 Å². The number of methoxy groups -OCH3 is 1. The number of nitrogens with zero attached hydrogens (tertiary/aromatic N) is 3. The molecule has 3 atom stereocenters. The summed E-state index contributed by atoms with van der Waals surface area (Å²) in [6.07, 6.45) is 2.63. The molecule has 0 unspecified atom stereocenters. The fourth-order valence-electron chi connectivity index (χ4n) is 5.32. The Bertz CT molecular complexity index is 1410. The minimum Gasteiger partial charge on any atom is -0.503 e. The zero-order chi connectivity index (χ0) is 26.6. The number of nitrogens with one attached hydrogen (secondary N) is 1. The van der Waals surface area contributed by atoms with Crippen LogP contribution in [-0.4, -0.2) is 57.6 Å². The molecule has 37 heavy (non-hydrogen) atoms. The van der Waals surface area contributed by atoms with Gasteiger partial charge in [0.25, 0.3) is 11.8 Å². The van der Waals surface area contributed by atoms with E-state index >= 15 is 0 Å². The number of hydrogen-bond acceptors (Lipinski definition) is 7. The van der Waals surface area contributed by atoms with Crippen LogP contribution >= 0.6 is 0 Å². The van der Waals surface area contributed by atoms with Crippen LogP contribution in [0, 0.1) is 18.6 Å². The number of oxime groups is 1. The third-order valence-corrected chi connectivity index (χ3v) is 7.60. The molecule has 12 heteroatoms. The Balaban J connectivity index is 1.54. The fraction of sp³-hybridized carbons (Fsp3) is 0.440. The molecule has 2 aromatic rings. The maximum absolute atomic E-state index is 14.4. The molecule has 1 saturated heterocycles. The molecule has 2 amide bonds. The van der Waals surface area contributed by atoms with Gasteiger partial charge < -0.3 is 29.5 Å². The van der Waals surface area contributed by atoms with Crippen LogP contribution in [0.2, 0.25) is 0 Å². The number of carbonyl (C=O) groups excluding carboxylic acids is 2. The van der Waals surface area contributed by atoms with Gasteiger partial charge in [-0.15, -0.1) is 0 Å². The van der Waals surface area contributed by atoms with Crippen LogP contribution in [0.25, 0.3) is 0 Å². The van der Waals surface area contributed by atoms with E-state index in [1.54, 1.807) is 4.90 Å². The number of pyridine rings is 1. The number of benzene rings is 1. The van der Waals surface area contributed by atoms with E-state index in [4.69, 9.17) is 9.57 Å². The molecule has 5 rings (SSSR count). The molecule has 0 saturated carbocycles. The lowest BCUT2D eigenvalue weighted by atomic mass is 9.85. The van der Waals surface area contributed by atoms with E-state index < -0.39 is 51.8 Å². The molecule has 2 bridgehead atoms. The summed E-state index contributed by atoms with van der Waals surface area (Å²) in [4.78, 5) is 46.8. The van der Waals surface area contributed by atoms with E-state index in [1.807, 2.05) is 6.92 Å². The summed E-state index contributed by atoms with van der Waals surface area (Å²) in [7, 11) is 1.47. The molecular formula is C25H26F2N4O6. The van der Waals surface area contributed by atoms with E-state index in [1.165, 1.54) is 30.9 Å². The summed E-state index contributed by atoms with van der Waals surface area (Å²) < 4.78 is 34.7. The molecule has 2 N–H and O–H groups in total. The molecular weight excluding hydrogens is 490 g/mol. The van der Waals surface area contributed by atoms with E-state index in [2.05, 4.69) is 10.5 Å². The van der Waals surface area contributed by atoms with Gasteiger partial charge in [0.2, 0.25) is 11.3 Å². The number of fused-ring (bicyclic) bond motifs is 5. The van der Waals surface area contributed by atoms with Crippen LogP contribution in [-0.2, 0) is 16.1 Å². The van der Waals surface area contributed by atoms with Crippen molar-refractivity contribution in [2.24, 2.45) is 5.16 Å². The highest BCUT2D eigenvalue weighted by atomic mass is 19.1. The topological polar surface area (TPSA) is 122 Å². The third kappa shape index (κ3) is 3.82. The number of ether oxygens (including phenoxy) is 1. The summed E-state index contributed by atoms with van der Waals surface area (Å²) in [5, 5.41) is 17.3. The Morgan fingerprint density at radius 3 is 2.81 bits per heavy atom. The average Bonchev–Trinajstić information content (AvgIpc) is 3.26. The molecule has 196 valence electrons. The van der Waals surface area contributed by atoms with Crippen molar-refractivity contribution in [3.8, 4) is 5.75 Å². The fourth-order valence-corrected chi connectivity index (χ4v) is 5.32. The van der Waals surface area contributed by atoms with Crippen LogP contribution in [0.4, 0.5) is 8.78 Å². The van der Waals surface area contributed by atoms with Crippen LogP contribution < -0.4 is 10.7 Å². The van der Waals surface area contributed by atoms with Gasteiger partial charge in [-0.05, 0) is 32.8 Å². The number of aromatic nitrogens is 1. The zero-order valence-electron chi connectivity index (χ0n) is 20.5. The minimum absolute atomic E-state index is 0.0284. The van der Waals surface area contributed by atoms with Gasteiger partial charge in [-0.1, -0.05) is 11.2 Å². The lowest BCUT2D eigenvalue weighted by Gasteiger charge is -2.41. The monoisotopic (exact) mass is 516 g/mol. The van der Waals surface area contributed by atoms with E-state index in [0.717, 1.165) is 6.07 Å². The number of hydrogen-bond donors (Lipinski definition) is 2. The van der Waals surface area contributed by atoms with E-state index in [9.17, 15) is 28.3 Å². The molecule has 4 heterocycles. The van der Waals surface area contributed by atoms with Crippen LogP contribution in [0.15, 0.2) is 28.3 Å². The van der Waals surface area contributed by atoms with Crippen molar-refractivity contribution in [2.45, 2.75) is 57.3 Å². The van der Waals surface area contributed by atoms with Crippen molar-refractivity contribution in [3.63, 3.8) is 0 Å². The number of carbonyl (C=O) groups is 2. The van der Waals surface area contributed by atoms with Crippen molar-refractivity contribution in [2.75, 3.05) is 13.7 Å². The van der Waals surface area contributed by atoms with Crippen molar-refractivity contribution in [1.82, 2.24) is 14.8 Å². The van der Waals surface area contributed by atoms with Gasteiger partial charge in [-0.2, -0.15) is 0 Å². The van der Waals surface area contributed by atoms with Gasteiger partial charge in [0.15, 0.2) is 17.0 Å². The SMILES string of the molecule is COC1=NO[C@@]2(CC[C@H](C)N3C[C@H]2n2cc(C(=O)NCc4ccc(F)c(C)c4F)c(=O)c(O)c2C3=O)C1. The Morgan fingerprint density at radius 2 is 2.11 bits per heavy atom. The number of aromatic hydroxyl groups is 1. The third-order valence-electron chi connectivity index (χ3n) is 7.60. The summed E-state index contributed by atoms with van der Waals surface area (Å²) >= 11 is 0. The lowest BCUT2D eigenvalue weighted by Crippen LogP contribution is -2.52. The molecule has 10 nitrogen and oxygen atoms in total. The Hall–Kier alpha value is -3.96. The van der Waals surface area contributed by atoms with Crippen molar-refractivity contribution >= 4 is 17.7 Å². The molecule has 3 aliphatic rings. The molecule has 0 aliphatic carbocycles. The molecule has 1 fully saturated rings. The average molecular weight is 517 g/mol. The number of halogens is 2. The molecule has 0 radical (unpaired) electrons. The number of rotatable bonds is 3. The second-order valence-corrected chi connectivity index (χ2v) is 9.69. The molecule has 1 spiro atoms. The maximum Gasteiger partial charge on any atom is 0.274 e. The lowest BCUT2D eigenvalue weighted by molar-refractivity contribution is -0.0655. The summed E-state index contributed by atoms with van der Waals surface area (Å²) in [5.74, 6) is -3.42. The Labute approximate surface area is 210 Å². The van der Waals surface area contributed by atoms with Gasteiger partial charge in [-0.3, -0.25) is 14.4 Å². The zero-order valence-corrected chi connectivity index (χ0v) is 20.5. The number of amides is 2. The quantitative estimate of drug-likeness (QED) is 0.646. The standard InChI is InChI=1S/C25H26F2N4O6/c1-12-6-7-25(8-18(36-3)29-37-25)17-11-30(12)24(35)20-22(33)21(32)15(10-31(17)20)23(34)28-9-14-4-5-16(26)13(2)19(14)27/h4-5,10,12,17,33H,6-9,11H2,1-3H3,(H,28,34)/t12-,17+,25-/m0/s1. The molecule has 3 aliphatic heterocycles. The van der Waals surface area contributed by atoms with Crippen LogP contribution in [0.1, 0.15) is 64.2 Å². The van der Waals surface area contributed by atoms with Gasteiger partial charge >= 0.3 is 0 Å². The van der Waals surface area contributed by atoms with Crippen molar-refractivity contribution in [1.29, 1.82) is 0 Å². The molecule has 1 aromatic carbocycles. The predicted octanol–water partition coefficient (Wildman–Crippen LogP) is 2.37. The van der Waals surface area contributed by atoms with Crippen LogP contribution in [0.5, 0.6) is 5.75 Å². The Morgan fingerprint density at radius 1 is 1.35 bits per heavy atom. The van der Waals surface area contributed by atoms with E-state index in [0.29, 0.717) is 25.2 Å².